The molecule has 1 aliphatic rings. The van der Waals surface area contributed by atoms with Crippen LogP contribution < -0.4 is 0 Å². The number of sulfonamides is 1. The molecule has 1 aliphatic heterocycles. The Morgan fingerprint density at radius 1 is 1.06 bits per heavy atom. The molecular formula is C17H14F3N5O3S3. The Kier molecular flexibility index (Phi) is 5.89. The maximum absolute atomic E-state index is 13.1. The zero-order valence-electron chi connectivity index (χ0n) is 15.6. The van der Waals surface area contributed by atoms with Gasteiger partial charge >= 0.3 is 5.51 Å². The second-order valence-corrected chi connectivity index (χ2v) is 9.98. The van der Waals surface area contributed by atoms with Gasteiger partial charge in [0, 0.05) is 44.1 Å². The number of hydrogen-bond donors (Lipinski definition) is 0. The van der Waals surface area contributed by atoms with E-state index in [2.05, 4.69) is 13.7 Å². The minimum absolute atomic E-state index is 0.00400. The van der Waals surface area contributed by atoms with E-state index in [1.165, 1.54) is 33.6 Å². The molecule has 1 saturated heterocycles. The van der Waals surface area contributed by atoms with Gasteiger partial charge in [0.25, 0.3) is 5.91 Å². The molecule has 0 spiro atoms. The summed E-state index contributed by atoms with van der Waals surface area (Å²) in [4.78, 5) is 17.8. The molecule has 1 fully saturated rings. The normalized spacial score (nSPS) is 16.0. The molecule has 0 atom stereocenters. The summed E-state index contributed by atoms with van der Waals surface area (Å²) < 4.78 is 73.8. The number of carbonyl (C=O) groups is 1. The van der Waals surface area contributed by atoms with E-state index in [1.807, 2.05) is 0 Å². The van der Waals surface area contributed by atoms with Crippen molar-refractivity contribution in [2.45, 2.75) is 15.4 Å². The molecule has 4 rings (SSSR count). The van der Waals surface area contributed by atoms with Crippen LogP contribution in [0.1, 0.15) is 10.4 Å². The molecule has 0 bridgehead atoms. The van der Waals surface area contributed by atoms with Crippen molar-refractivity contribution in [1.29, 1.82) is 0 Å². The Morgan fingerprint density at radius 3 is 2.52 bits per heavy atom. The molecule has 0 aliphatic carbocycles. The molecule has 164 valence electrons. The van der Waals surface area contributed by atoms with E-state index in [0.717, 1.165) is 11.7 Å². The Labute approximate surface area is 183 Å². The van der Waals surface area contributed by atoms with Crippen molar-refractivity contribution in [3.8, 4) is 0 Å². The van der Waals surface area contributed by atoms with Gasteiger partial charge in [0.15, 0.2) is 0 Å². The number of alkyl halides is 3. The van der Waals surface area contributed by atoms with Crippen LogP contribution in [0.25, 0.3) is 11.0 Å². The first-order valence-corrected chi connectivity index (χ1v) is 11.9. The first-order chi connectivity index (χ1) is 14.7. The Hall–Kier alpha value is -2.29. The molecule has 31 heavy (non-hydrogen) atoms. The molecule has 1 amide bonds. The molecule has 14 heteroatoms. The van der Waals surface area contributed by atoms with Gasteiger partial charge in [0.05, 0.1) is 17.3 Å². The van der Waals surface area contributed by atoms with E-state index >= 15 is 0 Å². The van der Waals surface area contributed by atoms with Crippen LogP contribution >= 0.6 is 23.5 Å². The summed E-state index contributed by atoms with van der Waals surface area (Å²) in [6, 6.07) is 7.36. The standard InChI is InChI=1S/C17H14F3N5O3S3/c18-17(19,20)29-15-11(3-2-6-21-15)16(26)24-7-9-25(10-8-24)31(27,28)13-5-1-4-12-14(13)23-30-22-12/h1-6H,7-10H2. The summed E-state index contributed by atoms with van der Waals surface area (Å²) in [7, 11) is -3.87. The van der Waals surface area contributed by atoms with Crippen LogP contribution in [0.3, 0.4) is 0 Å². The van der Waals surface area contributed by atoms with Crippen molar-refractivity contribution in [3.05, 3.63) is 42.1 Å². The number of carbonyl (C=O) groups excluding carboxylic acids is 1. The summed E-state index contributed by atoms with van der Waals surface area (Å²) in [6.45, 7) is 0.0802. The third kappa shape index (κ3) is 4.51. The lowest BCUT2D eigenvalue weighted by molar-refractivity contribution is -0.0329. The molecular weight excluding hydrogens is 475 g/mol. The summed E-state index contributed by atoms with van der Waals surface area (Å²) in [5.74, 6) is -0.622. The van der Waals surface area contributed by atoms with Crippen LogP contribution in [0, 0.1) is 0 Å². The third-order valence-electron chi connectivity index (χ3n) is 4.61. The number of fused-ring (bicyclic) bond motifs is 1. The number of nitrogens with zero attached hydrogens (tertiary/aromatic N) is 5. The first kappa shape index (κ1) is 21.9. The lowest BCUT2D eigenvalue weighted by atomic mass is 10.2. The van der Waals surface area contributed by atoms with Gasteiger partial charge in [-0.05, 0) is 24.3 Å². The maximum Gasteiger partial charge on any atom is 0.447 e. The lowest BCUT2D eigenvalue weighted by Gasteiger charge is -2.34. The van der Waals surface area contributed by atoms with Gasteiger partial charge in [-0.1, -0.05) is 6.07 Å². The number of hydrogen-bond acceptors (Lipinski definition) is 8. The Morgan fingerprint density at radius 2 is 1.81 bits per heavy atom. The SMILES string of the molecule is O=C(c1cccnc1SC(F)(F)F)N1CCN(S(=O)(=O)c2cccc3nsnc23)CC1. The Balaban J connectivity index is 1.50. The second-order valence-electron chi connectivity index (χ2n) is 6.49. The highest BCUT2D eigenvalue weighted by Gasteiger charge is 2.35. The van der Waals surface area contributed by atoms with Crippen molar-refractivity contribution in [1.82, 2.24) is 22.9 Å². The molecule has 0 N–H and O–H groups in total. The largest absolute Gasteiger partial charge is 0.447 e. The summed E-state index contributed by atoms with van der Waals surface area (Å²) in [5.41, 5.74) is -3.98. The minimum atomic E-state index is -4.58. The fourth-order valence-corrected chi connectivity index (χ4v) is 5.95. The number of piperazine rings is 1. The van der Waals surface area contributed by atoms with E-state index in [1.54, 1.807) is 12.1 Å². The quantitative estimate of drug-likeness (QED) is 0.520. The number of pyridine rings is 1. The predicted octanol–water partition coefficient (Wildman–Crippen LogP) is 2.84. The van der Waals surface area contributed by atoms with Gasteiger partial charge in [-0.15, -0.1) is 0 Å². The molecule has 2 aromatic heterocycles. The number of thioether (sulfide) groups is 1. The van der Waals surface area contributed by atoms with Gasteiger partial charge < -0.3 is 4.90 Å². The first-order valence-electron chi connectivity index (χ1n) is 8.88. The molecule has 1 aromatic carbocycles. The number of aromatic nitrogens is 3. The van der Waals surface area contributed by atoms with Gasteiger partial charge in [0.1, 0.15) is 21.0 Å². The number of rotatable bonds is 4. The number of benzene rings is 1. The number of halogens is 3. The molecule has 0 saturated carbocycles. The Bertz CT molecular complexity index is 1220. The highest BCUT2D eigenvalue weighted by Crippen LogP contribution is 2.37. The van der Waals surface area contributed by atoms with Crippen molar-refractivity contribution < 1.29 is 26.4 Å². The van der Waals surface area contributed by atoms with Crippen LogP contribution in [0.4, 0.5) is 13.2 Å². The van der Waals surface area contributed by atoms with E-state index in [0.29, 0.717) is 5.52 Å². The van der Waals surface area contributed by atoms with Crippen LogP contribution in [0.15, 0.2) is 46.5 Å². The summed E-state index contributed by atoms with van der Waals surface area (Å²) in [5, 5.41) is -0.433. The lowest BCUT2D eigenvalue weighted by Crippen LogP contribution is -2.50. The molecule has 3 aromatic rings. The van der Waals surface area contributed by atoms with Crippen LogP contribution in [0.2, 0.25) is 0 Å². The van der Waals surface area contributed by atoms with E-state index < -0.39 is 38.2 Å². The monoisotopic (exact) mass is 489 g/mol. The van der Waals surface area contributed by atoms with Gasteiger partial charge in [-0.25, -0.2) is 13.4 Å². The van der Waals surface area contributed by atoms with Crippen LogP contribution in [-0.4, -0.2) is 68.9 Å². The second kappa shape index (κ2) is 8.33. The van der Waals surface area contributed by atoms with E-state index in [4.69, 9.17) is 0 Å². The van der Waals surface area contributed by atoms with Gasteiger partial charge in [0.2, 0.25) is 10.0 Å². The van der Waals surface area contributed by atoms with Crippen molar-refractivity contribution in [2.24, 2.45) is 0 Å². The maximum atomic E-state index is 13.1. The average Bonchev–Trinajstić information content (AvgIpc) is 3.21. The van der Waals surface area contributed by atoms with Crippen LogP contribution in [-0.2, 0) is 10.0 Å². The molecule has 0 radical (unpaired) electrons. The fourth-order valence-electron chi connectivity index (χ4n) is 3.18. The topological polar surface area (TPSA) is 96.4 Å². The van der Waals surface area contributed by atoms with Crippen LogP contribution in [0.5, 0.6) is 0 Å². The molecule has 0 unspecified atom stereocenters. The summed E-state index contributed by atoms with van der Waals surface area (Å²) >= 11 is 0.460. The zero-order chi connectivity index (χ0) is 22.2. The molecule has 8 nitrogen and oxygen atoms in total. The highest BCUT2D eigenvalue weighted by molar-refractivity contribution is 8.00. The van der Waals surface area contributed by atoms with E-state index in [9.17, 15) is 26.4 Å². The van der Waals surface area contributed by atoms with Gasteiger partial charge in [-0.3, -0.25) is 4.79 Å². The van der Waals surface area contributed by atoms with Crippen molar-refractivity contribution in [3.63, 3.8) is 0 Å². The van der Waals surface area contributed by atoms with Crippen molar-refractivity contribution in [2.75, 3.05) is 26.2 Å². The summed E-state index contributed by atoms with van der Waals surface area (Å²) in [6.07, 6.45) is 1.18. The zero-order valence-corrected chi connectivity index (χ0v) is 18.1. The number of amides is 1. The minimum Gasteiger partial charge on any atom is -0.336 e. The molecule has 3 heterocycles. The average molecular weight is 490 g/mol. The van der Waals surface area contributed by atoms with E-state index in [-0.39, 0.29) is 42.2 Å². The van der Waals surface area contributed by atoms with Crippen molar-refractivity contribution >= 4 is 50.5 Å². The van der Waals surface area contributed by atoms with Gasteiger partial charge in [-0.2, -0.15) is 26.2 Å². The predicted molar refractivity (Wildman–Crippen MR) is 108 cm³/mol. The smallest absolute Gasteiger partial charge is 0.336 e. The highest BCUT2D eigenvalue weighted by atomic mass is 32.2. The third-order valence-corrected chi connectivity index (χ3v) is 7.83. The fraction of sp³-hybridized carbons (Fsp3) is 0.294.